The van der Waals surface area contributed by atoms with E-state index >= 15 is 0 Å². The van der Waals surface area contributed by atoms with Crippen molar-refractivity contribution in [3.05, 3.63) is 69.8 Å². The van der Waals surface area contributed by atoms with Crippen LogP contribution in [0.5, 0.6) is 0 Å². The minimum Gasteiger partial charge on any atom is -0.254 e. The van der Waals surface area contributed by atoms with E-state index in [0.717, 1.165) is 32.6 Å². The van der Waals surface area contributed by atoms with E-state index in [9.17, 15) is 4.39 Å². The second-order valence-corrected chi connectivity index (χ2v) is 6.18. The van der Waals surface area contributed by atoms with Gasteiger partial charge in [0.25, 0.3) is 0 Å². The van der Waals surface area contributed by atoms with E-state index in [1.807, 2.05) is 19.1 Å². The molecule has 0 aliphatic carbocycles. The fourth-order valence-corrected chi connectivity index (χ4v) is 2.86. The molecule has 0 unspecified atom stereocenters. The van der Waals surface area contributed by atoms with Gasteiger partial charge in [0.1, 0.15) is 11.0 Å². The molecule has 110 valence electrons. The van der Waals surface area contributed by atoms with Gasteiger partial charge in [-0.05, 0) is 70.9 Å². The third kappa shape index (κ3) is 3.18. The maximum Gasteiger partial charge on any atom is 0.129 e. The lowest BCUT2D eigenvalue weighted by molar-refractivity contribution is 0.628. The van der Waals surface area contributed by atoms with Crippen molar-refractivity contribution < 1.29 is 4.39 Å². The summed E-state index contributed by atoms with van der Waals surface area (Å²) in [5.41, 5.74) is 4.27. The van der Waals surface area contributed by atoms with Crippen LogP contribution in [0.1, 0.15) is 5.69 Å². The molecule has 2 heterocycles. The van der Waals surface area contributed by atoms with Crippen molar-refractivity contribution in [2.75, 3.05) is 0 Å². The molecule has 0 atom stereocenters. The van der Waals surface area contributed by atoms with Gasteiger partial charge in [0.05, 0.1) is 5.69 Å². The molecule has 0 fully saturated rings. The average Bonchev–Trinajstić information content (AvgIpc) is 2.47. The molecule has 0 N–H and O–H groups in total. The smallest absolute Gasteiger partial charge is 0.129 e. The largest absolute Gasteiger partial charge is 0.254 e. The van der Waals surface area contributed by atoms with E-state index in [1.54, 1.807) is 24.4 Å². The van der Waals surface area contributed by atoms with E-state index in [2.05, 4.69) is 25.9 Å². The molecule has 0 radical (unpaired) electrons. The highest BCUT2D eigenvalue weighted by molar-refractivity contribution is 9.10. The molecule has 0 amide bonds. The van der Waals surface area contributed by atoms with Crippen LogP contribution in [0.25, 0.3) is 22.4 Å². The maximum atomic E-state index is 13.1. The molecule has 0 aliphatic rings. The average molecular weight is 378 g/mol. The van der Waals surface area contributed by atoms with Gasteiger partial charge in [-0.1, -0.05) is 11.6 Å². The lowest BCUT2D eigenvalue weighted by Crippen LogP contribution is -1.92. The number of halogens is 3. The summed E-state index contributed by atoms with van der Waals surface area (Å²) < 4.78 is 14.0. The summed E-state index contributed by atoms with van der Waals surface area (Å²) in [6, 6.07) is 12.0. The summed E-state index contributed by atoms with van der Waals surface area (Å²) in [7, 11) is 0. The topological polar surface area (TPSA) is 25.8 Å². The van der Waals surface area contributed by atoms with Crippen molar-refractivity contribution in [2.45, 2.75) is 6.92 Å². The standard InChI is InChI=1S/C17H11BrClFN2/c1-10-6-12(7-16(19)22-10)15-8-13(18)9-21-17(15)11-2-4-14(20)5-3-11/h2-9H,1H3. The van der Waals surface area contributed by atoms with E-state index in [0.29, 0.717) is 5.15 Å². The van der Waals surface area contributed by atoms with Crippen LogP contribution in [0.15, 0.2) is 53.1 Å². The number of rotatable bonds is 2. The first-order chi connectivity index (χ1) is 10.5. The highest BCUT2D eigenvalue weighted by Gasteiger charge is 2.11. The molecule has 1 aromatic carbocycles. The van der Waals surface area contributed by atoms with Crippen LogP contribution < -0.4 is 0 Å². The Morgan fingerprint density at radius 2 is 1.77 bits per heavy atom. The number of aromatic nitrogens is 2. The minimum atomic E-state index is -0.273. The molecule has 3 rings (SSSR count). The molecule has 0 spiro atoms. The molecule has 0 saturated carbocycles. The van der Waals surface area contributed by atoms with Gasteiger partial charge in [0.15, 0.2) is 0 Å². The summed E-state index contributed by atoms with van der Waals surface area (Å²) in [5, 5.41) is 0.431. The molecule has 2 aromatic heterocycles. The van der Waals surface area contributed by atoms with Gasteiger partial charge in [0, 0.05) is 27.5 Å². The molecule has 0 bridgehead atoms. The zero-order chi connectivity index (χ0) is 15.7. The molecule has 3 aromatic rings. The van der Waals surface area contributed by atoms with Crippen molar-refractivity contribution >= 4 is 27.5 Å². The van der Waals surface area contributed by atoms with Crippen molar-refractivity contribution in [3.8, 4) is 22.4 Å². The Hall–Kier alpha value is -1.78. The van der Waals surface area contributed by atoms with Crippen LogP contribution in [0.2, 0.25) is 5.15 Å². The Labute approximate surface area is 141 Å². The number of hydrogen-bond acceptors (Lipinski definition) is 2. The third-order valence-corrected chi connectivity index (χ3v) is 3.83. The Balaban J connectivity index is 2.22. The number of pyridine rings is 2. The van der Waals surface area contributed by atoms with E-state index in [1.165, 1.54) is 12.1 Å². The molecule has 0 saturated heterocycles. The maximum absolute atomic E-state index is 13.1. The zero-order valence-corrected chi connectivity index (χ0v) is 14.0. The minimum absolute atomic E-state index is 0.273. The number of nitrogens with zero attached hydrogens (tertiary/aromatic N) is 2. The first-order valence-corrected chi connectivity index (χ1v) is 7.76. The monoisotopic (exact) mass is 376 g/mol. The van der Waals surface area contributed by atoms with Crippen LogP contribution >= 0.6 is 27.5 Å². The van der Waals surface area contributed by atoms with Crippen LogP contribution in [0, 0.1) is 12.7 Å². The number of benzene rings is 1. The molecular weight excluding hydrogens is 367 g/mol. The summed E-state index contributed by atoms with van der Waals surface area (Å²) in [6.07, 6.45) is 1.72. The van der Waals surface area contributed by atoms with Crippen LogP contribution in [-0.4, -0.2) is 9.97 Å². The van der Waals surface area contributed by atoms with Crippen molar-refractivity contribution in [2.24, 2.45) is 0 Å². The Morgan fingerprint density at radius 1 is 1.05 bits per heavy atom. The van der Waals surface area contributed by atoms with Gasteiger partial charge in [-0.25, -0.2) is 9.37 Å². The predicted octanol–water partition coefficient (Wildman–Crippen LogP) is 5.67. The van der Waals surface area contributed by atoms with Gasteiger partial charge < -0.3 is 0 Å². The van der Waals surface area contributed by atoms with Crippen molar-refractivity contribution in [3.63, 3.8) is 0 Å². The van der Waals surface area contributed by atoms with Crippen LogP contribution in [0.4, 0.5) is 4.39 Å². The second kappa shape index (κ2) is 6.15. The Kier molecular flexibility index (Phi) is 4.23. The van der Waals surface area contributed by atoms with E-state index < -0.39 is 0 Å². The molecular formula is C17H11BrClFN2. The van der Waals surface area contributed by atoms with E-state index in [-0.39, 0.29) is 5.82 Å². The predicted molar refractivity (Wildman–Crippen MR) is 90.3 cm³/mol. The number of aryl methyl sites for hydroxylation is 1. The third-order valence-electron chi connectivity index (χ3n) is 3.21. The lowest BCUT2D eigenvalue weighted by Gasteiger charge is -2.11. The van der Waals surface area contributed by atoms with Gasteiger partial charge in [-0.15, -0.1) is 0 Å². The zero-order valence-electron chi connectivity index (χ0n) is 11.6. The van der Waals surface area contributed by atoms with Crippen molar-refractivity contribution in [1.82, 2.24) is 9.97 Å². The summed E-state index contributed by atoms with van der Waals surface area (Å²) in [4.78, 5) is 8.66. The van der Waals surface area contributed by atoms with Crippen molar-refractivity contribution in [1.29, 1.82) is 0 Å². The fraction of sp³-hybridized carbons (Fsp3) is 0.0588. The van der Waals surface area contributed by atoms with Gasteiger partial charge >= 0.3 is 0 Å². The van der Waals surface area contributed by atoms with Gasteiger partial charge in [-0.3, -0.25) is 4.98 Å². The molecule has 0 aliphatic heterocycles. The van der Waals surface area contributed by atoms with Crippen LogP contribution in [0.3, 0.4) is 0 Å². The SMILES string of the molecule is Cc1cc(-c2cc(Br)cnc2-c2ccc(F)cc2)cc(Cl)n1. The Morgan fingerprint density at radius 3 is 2.45 bits per heavy atom. The summed E-state index contributed by atoms with van der Waals surface area (Å²) in [5.74, 6) is -0.273. The molecule has 5 heteroatoms. The number of hydrogen-bond donors (Lipinski definition) is 0. The molecule has 2 nitrogen and oxygen atoms in total. The second-order valence-electron chi connectivity index (χ2n) is 4.88. The van der Waals surface area contributed by atoms with Gasteiger partial charge in [-0.2, -0.15) is 0 Å². The fourth-order valence-electron chi connectivity index (χ4n) is 2.28. The first kappa shape index (κ1) is 15.1. The Bertz CT molecular complexity index is 814. The van der Waals surface area contributed by atoms with E-state index in [4.69, 9.17) is 11.6 Å². The van der Waals surface area contributed by atoms with Gasteiger partial charge in [0.2, 0.25) is 0 Å². The molecule has 22 heavy (non-hydrogen) atoms. The normalized spacial score (nSPS) is 10.7. The highest BCUT2D eigenvalue weighted by atomic mass is 79.9. The van der Waals surface area contributed by atoms with Crippen LogP contribution in [-0.2, 0) is 0 Å². The summed E-state index contributed by atoms with van der Waals surface area (Å²) in [6.45, 7) is 1.89. The lowest BCUT2D eigenvalue weighted by atomic mass is 10.00. The highest BCUT2D eigenvalue weighted by Crippen LogP contribution is 2.33. The quantitative estimate of drug-likeness (QED) is 0.537. The first-order valence-electron chi connectivity index (χ1n) is 6.59. The summed E-state index contributed by atoms with van der Waals surface area (Å²) >= 11 is 9.51.